The number of nitrogens with one attached hydrogen (secondary N) is 1. The van der Waals surface area contributed by atoms with Gasteiger partial charge in [0.2, 0.25) is 5.76 Å². The van der Waals surface area contributed by atoms with Crippen molar-refractivity contribution in [1.82, 2.24) is 5.32 Å². The number of ether oxygens (including phenoxy) is 1. The van der Waals surface area contributed by atoms with Crippen LogP contribution in [0.3, 0.4) is 0 Å². The maximum Gasteiger partial charge on any atom is 0.373 e. The number of rotatable bonds is 4. The van der Waals surface area contributed by atoms with E-state index in [2.05, 4.69) is 34.3 Å². The van der Waals surface area contributed by atoms with Crippen LogP contribution in [0.2, 0.25) is 0 Å². The lowest BCUT2D eigenvalue weighted by Gasteiger charge is -2.26. The zero-order chi connectivity index (χ0) is 14.7. The fraction of sp³-hybridized carbons (Fsp3) is 0.353. The number of esters is 1. The highest BCUT2D eigenvalue weighted by Gasteiger charge is 2.19. The molecule has 0 saturated carbocycles. The van der Waals surface area contributed by atoms with Crippen LogP contribution in [0.15, 0.2) is 40.8 Å². The van der Waals surface area contributed by atoms with Crippen LogP contribution < -0.4 is 5.32 Å². The van der Waals surface area contributed by atoms with Crippen molar-refractivity contribution in [2.45, 2.75) is 31.8 Å². The molecule has 110 valence electrons. The van der Waals surface area contributed by atoms with Crippen molar-refractivity contribution in [2.24, 2.45) is 0 Å². The Bertz CT molecular complexity index is 632. The maximum atomic E-state index is 11.4. The molecule has 3 rings (SSSR count). The summed E-state index contributed by atoms with van der Waals surface area (Å²) in [6.07, 6.45) is 3.48. The fourth-order valence-electron chi connectivity index (χ4n) is 2.87. The van der Waals surface area contributed by atoms with Crippen LogP contribution in [0.4, 0.5) is 0 Å². The van der Waals surface area contributed by atoms with Gasteiger partial charge in [0.1, 0.15) is 5.76 Å². The summed E-state index contributed by atoms with van der Waals surface area (Å²) in [7, 11) is 1.35. The highest BCUT2D eigenvalue weighted by molar-refractivity contribution is 5.86. The second-order valence-corrected chi connectivity index (χ2v) is 5.28. The fourth-order valence-corrected chi connectivity index (χ4v) is 2.87. The zero-order valence-electron chi connectivity index (χ0n) is 12.1. The van der Waals surface area contributed by atoms with Crippen molar-refractivity contribution in [2.75, 3.05) is 7.11 Å². The lowest BCUT2D eigenvalue weighted by Crippen LogP contribution is -2.24. The van der Waals surface area contributed by atoms with Crippen LogP contribution >= 0.6 is 0 Å². The van der Waals surface area contributed by atoms with E-state index in [1.165, 1.54) is 24.7 Å². The highest BCUT2D eigenvalue weighted by atomic mass is 16.5. The minimum Gasteiger partial charge on any atom is -0.463 e. The summed E-state index contributed by atoms with van der Waals surface area (Å²) in [6, 6.07) is 12.4. The Balaban J connectivity index is 1.66. The van der Waals surface area contributed by atoms with E-state index < -0.39 is 5.97 Å². The molecular formula is C17H19NO3. The lowest BCUT2D eigenvalue weighted by molar-refractivity contribution is 0.0562. The molecule has 0 fully saturated rings. The van der Waals surface area contributed by atoms with Crippen molar-refractivity contribution < 1.29 is 13.9 Å². The third-order valence-electron chi connectivity index (χ3n) is 3.94. The van der Waals surface area contributed by atoms with E-state index >= 15 is 0 Å². The standard InChI is InChI=1S/C17H19NO3/c1-20-17(19)16-10-9-13(21-16)11-18-15-8-4-6-12-5-2-3-7-14(12)15/h2-3,5,7,9-10,15,18H,4,6,8,11H2,1H3. The van der Waals surface area contributed by atoms with Gasteiger partial charge in [0.15, 0.2) is 0 Å². The molecule has 1 aliphatic rings. The largest absolute Gasteiger partial charge is 0.463 e. The van der Waals surface area contributed by atoms with Gasteiger partial charge in [-0.3, -0.25) is 0 Å². The molecular weight excluding hydrogens is 266 g/mol. The van der Waals surface area contributed by atoms with Gasteiger partial charge in [-0.15, -0.1) is 0 Å². The molecule has 2 aromatic rings. The Morgan fingerprint density at radius 1 is 1.33 bits per heavy atom. The third kappa shape index (κ3) is 3.00. The smallest absolute Gasteiger partial charge is 0.373 e. The summed E-state index contributed by atoms with van der Waals surface area (Å²) in [6.45, 7) is 0.607. The Hall–Kier alpha value is -2.07. The summed E-state index contributed by atoms with van der Waals surface area (Å²) in [4.78, 5) is 11.4. The van der Waals surface area contributed by atoms with Gasteiger partial charge in [0.05, 0.1) is 13.7 Å². The van der Waals surface area contributed by atoms with Gasteiger partial charge in [-0.25, -0.2) is 4.79 Å². The summed E-state index contributed by atoms with van der Waals surface area (Å²) >= 11 is 0. The van der Waals surface area contributed by atoms with Crippen molar-refractivity contribution in [3.8, 4) is 0 Å². The number of benzene rings is 1. The normalized spacial score (nSPS) is 17.3. The zero-order valence-corrected chi connectivity index (χ0v) is 12.1. The van der Waals surface area contributed by atoms with Crippen LogP contribution in [0.25, 0.3) is 0 Å². The van der Waals surface area contributed by atoms with Crippen LogP contribution in [0, 0.1) is 0 Å². The van der Waals surface area contributed by atoms with E-state index in [9.17, 15) is 4.79 Å². The number of hydrogen-bond donors (Lipinski definition) is 1. The van der Waals surface area contributed by atoms with Gasteiger partial charge in [0.25, 0.3) is 0 Å². The Kier molecular flexibility index (Phi) is 4.06. The average molecular weight is 285 g/mol. The maximum absolute atomic E-state index is 11.4. The lowest BCUT2D eigenvalue weighted by atomic mass is 9.88. The molecule has 1 aromatic carbocycles. The molecule has 1 unspecified atom stereocenters. The Morgan fingerprint density at radius 3 is 3.05 bits per heavy atom. The van der Waals surface area contributed by atoms with Crippen molar-refractivity contribution in [3.05, 3.63) is 59.0 Å². The van der Waals surface area contributed by atoms with E-state index in [1.807, 2.05) is 6.07 Å². The number of methoxy groups -OCH3 is 1. The molecule has 21 heavy (non-hydrogen) atoms. The first kappa shape index (κ1) is 13.9. The minimum atomic E-state index is -0.440. The van der Waals surface area contributed by atoms with Crippen molar-refractivity contribution in [1.29, 1.82) is 0 Å². The van der Waals surface area contributed by atoms with Crippen LogP contribution in [-0.4, -0.2) is 13.1 Å². The number of carbonyl (C=O) groups is 1. The van der Waals surface area contributed by atoms with Gasteiger partial charge in [-0.05, 0) is 42.5 Å². The number of fused-ring (bicyclic) bond motifs is 1. The Labute approximate surface area is 124 Å². The van der Waals surface area contributed by atoms with Crippen LogP contribution in [0.5, 0.6) is 0 Å². The van der Waals surface area contributed by atoms with Crippen LogP contribution in [0.1, 0.15) is 46.3 Å². The summed E-state index contributed by atoms with van der Waals surface area (Å²) in [5, 5.41) is 3.52. The molecule has 0 amide bonds. The second-order valence-electron chi connectivity index (χ2n) is 5.28. The van der Waals surface area contributed by atoms with E-state index in [1.54, 1.807) is 6.07 Å². The average Bonchev–Trinajstić information content (AvgIpc) is 3.01. The molecule has 1 heterocycles. The molecule has 1 aliphatic carbocycles. The third-order valence-corrected chi connectivity index (χ3v) is 3.94. The number of hydrogen-bond acceptors (Lipinski definition) is 4. The molecule has 4 heteroatoms. The first-order chi connectivity index (χ1) is 10.3. The quantitative estimate of drug-likeness (QED) is 0.876. The minimum absolute atomic E-state index is 0.248. The molecule has 1 aromatic heterocycles. The molecule has 4 nitrogen and oxygen atoms in total. The highest BCUT2D eigenvalue weighted by Crippen LogP contribution is 2.29. The summed E-state index contributed by atoms with van der Waals surface area (Å²) < 4.78 is 10.1. The van der Waals surface area contributed by atoms with Crippen molar-refractivity contribution >= 4 is 5.97 Å². The molecule has 0 aliphatic heterocycles. The molecule has 0 radical (unpaired) electrons. The molecule has 1 N–H and O–H groups in total. The SMILES string of the molecule is COC(=O)c1ccc(CNC2CCCc3ccccc32)o1. The predicted octanol–water partition coefficient (Wildman–Crippen LogP) is 3.23. The Morgan fingerprint density at radius 2 is 2.19 bits per heavy atom. The monoisotopic (exact) mass is 285 g/mol. The number of carbonyl (C=O) groups excluding carboxylic acids is 1. The van der Waals surface area contributed by atoms with E-state index in [-0.39, 0.29) is 5.76 Å². The number of furan rings is 1. The van der Waals surface area contributed by atoms with Gasteiger partial charge in [-0.1, -0.05) is 24.3 Å². The molecule has 0 saturated heterocycles. The summed E-state index contributed by atoms with van der Waals surface area (Å²) in [5.41, 5.74) is 2.81. The van der Waals surface area contributed by atoms with Gasteiger partial charge in [0, 0.05) is 6.04 Å². The molecule has 0 bridgehead atoms. The van der Waals surface area contributed by atoms with E-state index in [4.69, 9.17) is 4.42 Å². The van der Waals surface area contributed by atoms with Gasteiger partial charge < -0.3 is 14.5 Å². The van der Waals surface area contributed by atoms with Gasteiger partial charge >= 0.3 is 5.97 Å². The van der Waals surface area contributed by atoms with E-state index in [0.29, 0.717) is 12.6 Å². The second kappa shape index (κ2) is 6.14. The first-order valence-electron chi connectivity index (χ1n) is 7.26. The first-order valence-corrected chi connectivity index (χ1v) is 7.26. The topological polar surface area (TPSA) is 51.5 Å². The summed E-state index contributed by atoms with van der Waals surface area (Å²) in [5.74, 6) is 0.557. The van der Waals surface area contributed by atoms with Crippen molar-refractivity contribution in [3.63, 3.8) is 0 Å². The van der Waals surface area contributed by atoms with Crippen LogP contribution in [-0.2, 0) is 17.7 Å². The van der Waals surface area contributed by atoms with Gasteiger partial charge in [-0.2, -0.15) is 0 Å². The number of aryl methyl sites for hydroxylation is 1. The predicted molar refractivity (Wildman–Crippen MR) is 79.0 cm³/mol. The molecule has 0 spiro atoms. The van der Waals surface area contributed by atoms with E-state index in [0.717, 1.165) is 18.6 Å². The molecule has 1 atom stereocenters.